The second kappa shape index (κ2) is 33.9. The van der Waals surface area contributed by atoms with Crippen molar-refractivity contribution >= 4 is 21.8 Å². The molecule has 0 fully saturated rings. The fourth-order valence-corrected chi connectivity index (χ4v) is 21.9. The number of nitrogens with zero attached hydrogens (tertiary/aromatic N) is 5. The Kier molecular flexibility index (Phi) is 20.1. The summed E-state index contributed by atoms with van der Waals surface area (Å²) in [5.74, 6) is 0. The normalized spacial score (nSPS) is 12.6. The fourth-order valence-electron chi connectivity index (χ4n) is 21.9. The van der Waals surface area contributed by atoms with Crippen LogP contribution in [0, 0.1) is 0 Å². The highest BCUT2D eigenvalue weighted by Gasteiger charge is 2.52. The number of hydrogen-bond donors (Lipinski definition) is 0. The molecule has 5 heterocycles. The molecule has 3 aliphatic carbocycles. The topological polar surface area (TPSA) is 56.5 Å². The SMILES string of the molecule is CC1(C)c2ccccc2-c2cc3c4cc(-c5cc(-c6cccc(-c7cccc(-c8cccnc8)c7)c6)cc(-c6cccc(-c7cccc(-c8cccnc8)c7)c6)c5)ccc4n(-c4ccccc4)c3cc21.c1cncc(-c2cccc(-c3cccc(-c4cc(-c5cccc(-c6cccc(-c7cccnc7)c6)c5)cc(-c5ccc6c(c5)C5(c7ccccc7-c7ccccc75)c5ccccc5-6)c4)c3)c2)c1. The molecule has 0 bridgehead atoms. The molecule has 1 spiro atoms. The summed E-state index contributed by atoms with van der Waals surface area (Å²) in [4.78, 5) is 17.6. The molecule has 23 aromatic rings. The lowest BCUT2D eigenvalue weighted by molar-refractivity contribution is 0.661. The summed E-state index contributed by atoms with van der Waals surface area (Å²) in [7, 11) is 0. The van der Waals surface area contributed by atoms with Gasteiger partial charge in [-0.25, -0.2) is 0 Å². The van der Waals surface area contributed by atoms with E-state index >= 15 is 0 Å². The Bertz CT molecular complexity index is 8320. The highest BCUT2D eigenvalue weighted by molar-refractivity contribution is 6.13. The second-order valence-electron chi connectivity index (χ2n) is 36.8. The number of para-hydroxylation sites is 1. The maximum absolute atomic E-state index is 4.39. The summed E-state index contributed by atoms with van der Waals surface area (Å²) in [6, 6.07) is 168. The predicted octanol–water partition coefficient (Wildman–Crippen LogP) is 34.0. The average molecular weight is 1750 g/mol. The highest BCUT2D eigenvalue weighted by Crippen LogP contribution is 2.64. The molecule has 26 rings (SSSR count). The van der Waals surface area contributed by atoms with Gasteiger partial charge in [-0.1, -0.05) is 317 Å². The standard InChI is InChI=1S/C67H47N3.C65H42N2/c1-67(2)63-27-7-6-26-59(63)60-40-62-61-39-52(28-29-65(61)70(66(62)41-64(60)67)58-24-4-3-5-25-58)57-37-55(50-20-10-16-46(34-50)44-14-8-18-48(32-44)53-22-12-30-68-42-53)36-56(38-57)51-21-11-17-47(35-51)45-15-9-19-49(33-45)54-23-13-31-69-43-54;1-4-26-61-57(23-1)58-24-2-5-27-62(58)65(61)63-28-6-3-25-59(63)60-30-29-51(40-64(60)65)56-38-54(49-19-9-15-45(35-49)43-13-7-17-47(33-43)52-21-11-31-66-41-52)37-55(39-56)50-20-10-16-46(36-50)44-14-8-18-48(34-44)53-22-12-32-67-42-53/h3-43H,1-2H3;1-42H. The van der Waals surface area contributed by atoms with Gasteiger partial charge in [0.15, 0.2) is 0 Å². The van der Waals surface area contributed by atoms with Crippen LogP contribution in [0.15, 0.2) is 505 Å². The first-order valence-electron chi connectivity index (χ1n) is 47.1. The number of aromatic nitrogens is 5. The highest BCUT2D eigenvalue weighted by atomic mass is 15.0. The minimum Gasteiger partial charge on any atom is -0.309 e. The molecule has 0 unspecified atom stereocenters. The minimum atomic E-state index is -0.424. The van der Waals surface area contributed by atoms with E-state index in [1.54, 1.807) is 0 Å². The van der Waals surface area contributed by atoms with Crippen molar-refractivity contribution in [2.75, 3.05) is 0 Å². The number of rotatable bonds is 15. The molecule has 642 valence electrons. The van der Waals surface area contributed by atoms with Gasteiger partial charge >= 0.3 is 0 Å². The smallest absolute Gasteiger partial charge is 0.0725 e. The Hall–Kier alpha value is -17.6. The van der Waals surface area contributed by atoms with Crippen molar-refractivity contribution in [2.24, 2.45) is 0 Å². The molecule has 18 aromatic carbocycles. The Morgan fingerprint density at radius 1 is 0.161 bits per heavy atom. The van der Waals surface area contributed by atoms with Crippen LogP contribution in [0.3, 0.4) is 0 Å². The van der Waals surface area contributed by atoms with E-state index in [4.69, 9.17) is 0 Å². The largest absolute Gasteiger partial charge is 0.309 e. The van der Waals surface area contributed by atoms with Crippen LogP contribution in [0.5, 0.6) is 0 Å². The van der Waals surface area contributed by atoms with Crippen molar-refractivity contribution < 1.29 is 0 Å². The van der Waals surface area contributed by atoms with Crippen LogP contribution in [-0.2, 0) is 10.8 Å². The van der Waals surface area contributed by atoms with Crippen LogP contribution < -0.4 is 0 Å². The molecular weight excluding hydrogens is 1660 g/mol. The molecule has 5 heteroatoms. The van der Waals surface area contributed by atoms with E-state index in [9.17, 15) is 0 Å². The molecular formula is C132H89N5. The van der Waals surface area contributed by atoms with Crippen molar-refractivity contribution in [1.82, 2.24) is 24.5 Å². The van der Waals surface area contributed by atoms with E-state index in [1.165, 1.54) is 139 Å². The number of benzene rings is 18. The number of pyridine rings is 4. The summed E-state index contributed by atoms with van der Waals surface area (Å²) >= 11 is 0. The van der Waals surface area contributed by atoms with Crippen LogP contribution in [0.4, 0.5) is 0 Å². The summed E-state index contributed by atoms with van der Waals surface area (Å²) in [6.07, 6.45) is 15.0. The molecule has 137 heavy (non-hydrogen) atoms. The van der Waals surface area contributed by atoms with Gasteiger partial charge in [-0.05, 0) is 352 Å². The number of hydrogen-bond acceptors (Lipinski definition) is 4. The molecule has 0 saturated carbocycles. The van der Waals surface area contributed by atoms with E-state index in [2.05, 4.69) is 469 Å². The van der Waals surface area contributed by atoms with E-state index in [0.717, 1.165) is 111 Å². The van der Waals surface area contributed by atoms with Gasteiger partial charge in [-0.2, -0.15) is 0 Å². The average Bonchev–Trinajstić information content (AvgIpc) is 1.50. The van der Waals surface area contributed by atoms with Crippen molar-refractivity contribution in [3.63, 3.8) is 0 Å². The van der Waals surface area contributed by atoms with Crippen molar-refractivity contribution in [3.05, 3.63) is 538 Å². The minimum absolute atomic E-state index is 0.112. The Labute approximate surface area is 798 Å². The van der Waals surface area contributed by atoms with Gasteiger partial charge in [0.2, 0.25) is 0 Å². The lowest BCUT2D eigenvalue weighted by Crippen LogP contribution is -2.25. The molecule has 3 aliphatic rings. The third-order valence-corrected chi connectivity index (χ3v) is 28.6. The first-order chi connectivity index (χ1) is 67.6. The molecule has 0 atom stereocenters. The van der Waals surface area contributed by atoms with Crippen LogP contribution in [-0.4, -0.2) is 24.5 Å². The van der Waals surface area contributed by atoms with Gasteiger partial charge in [0, 0.05) is 93.7 Å². The zero-order chi connectivity index (χ0) is 91.1. The van der Waals surface area contributed by atoms with E-state index in [0.29, 0.717) is 0 Å². The van der Waals surface area contributed by atoms with Crippen molar-refractivity contribution in [2.45, 2.75) is 24.7 Å². The van der Waals surface area contributed by atoms with Gasteiger partial charge in [0.25, 0.3) is 0 Å². The van der Waals surface area contributed by atoms with Gasteiger partial charge < -0.3 is 4.57 Å². The molecule has 0 saturated heterocycles. The lowest BCUT2D eigenvalue weighted by atomic mass is 9.70. The second-order valence-corrected chi connectivity index (χ2v) is 36.8. The molecule has 5 aromatic heterocycles. The molecule has 0 N–H and O–H groups in total. The van der Waals surface area contributed by atoms with Crippen molar-refractivity contribution in [1.29, 1.82) is 0 Å². The van der Waals surface area contributed by atoms with Crippen LogP contribution in [0.25, 0.3) is 217 Å². The molecule has 0 amide bonds. The summed E-state index contributed by atoms with van der Waals surface area (Å²) < 4.78 is 2.46. The summed E-state index contributed by atoms with van der Waals surface area (Å²) in [6.45, 7) is 4.73. The third kappa shape index (κ3) is 14.5. The van der Waals surface area contributed by atoms with Crippen LogP contribution in [0.2, 0.25) is 0 Å². The Balaban J connectivity index is 0.000000146. The maximum Gasteiger partial charge on any atom is 0.0725 e. The maximum atomic E-state index is 4.39. The first kappa shape index (κ1) is 81.4. The molecule has 0 radical (unpaired) electrons. The monoisotopic (exact) mass is 1740 g/mol. The zero-order valence-corrected chi connectivity index (χ0v) is 75.7. The molecule has 5 nitrogen and oxygen atoms in total. The van der Waals surface area contributed by atoms with E-state index in [1.807, 2.05) is 73.8 Å². The fraction of sp³-hybridized carbons (Fsp3) is 0.0303. The van der Waals surface area contributed by atoms with Crippen LogP contribution in [0.1, 0.15) is 47.2 Å². The van der Waals surface area contributed by atoms with Crippen molar-refractivity contribution in [3.8, 4) is 195 Å². The Morgan fingerprint density at radius 2 is 0.416 bits per heavy atom. The lowest BCUT2D eigenvalue weighted by Gasteiger charge is -2.30. The number of fused-ring (bicyclic) bond motifs is 16. The van der Waals surface area contributed by atoms with E-state index in [-0.39, 0.29) is 5.41 Å². The Morgan fingerprint density at radius 3 is 0.752 bits per heavy atom. The predicted molar refractivity (Wildman–Crippen MR) is 568 cm³/mol. The van der Waals surface area contributed by atoms with Gasteiger partial charge in [0.1, 0.15) is 0 Å². The molecule has 0 aliphatic heterocycles. The van der Waals surface area contributed by atoms with E-state index < -0.39 is 5.41 Å². The first-order valence-corrected chi connectivity index (χ1v) is 47.1. The van der Waals surface area contributed by atoms with Gasteiger partial charge in [0.05, 0.1) is 16.4 Å². The summed E-state index contributed by atoms with van der Waals surface area (Å²) in [5.41, 5.74) is 51.4. The van der Waals surface area contributed by atoms with Gasteiger partial charge in [-0.15, -0.1) is 0 Å². The van der Waals surface area contributed by atoms with Crippen LogP contribution >= 0.6 is 0 Å². The summed E-state index contributed by atoms with van der Waals surface area (Å²) in [5, 5.41) is 2.49. The van der Waals surface area contributed by atoms with Gasteiger partial charge in [-0.3, -0.25) is 19.9 Å². The zero-order valence-electron chi connectivity index (χ0n) is 75.7. The quantitative estimate of drug-likeness (QED) is 0.103. The third-order valence-electron chi connectivity index (χ3n) is 28.6.